The van der Waals surface area contributed by atoms with Gasteiger partial charge in [0.15, 0.2) is 15.7 Å². The van der Waals surface area contributed by atoms with Gasteiger partial charge in [-0.15, -0.1) is 0 Å². The third-order valence-corrected chi connectivity index (χ3v) is 9.36. The Balaban J connectivity index is 1.71. The van der Waals surface area contributed by atoms with Crippen LogP contribution < -0.4 is 20.7 Å². The van der Waals surface area contributed by atoms with Gasteiger partial charge in [-0.3, -0.25) is 0 Å². The Bertz CT molecular complexity index is 1600. The lowest BCUT2D eigenvalue weighted by Gasteiger charge is -2.49. The molecule has 1 aliphatic rings. The summed E-state index contributed by atoms with van der Waals surface area (Å²) in [5.41, 5.74) is 1.62. The Morgan fingerprint density at radius 1 is 1.07 bits per heavy atom. The van der Waals surface area contributed by atoms with Crippen molar-refractivity contribution in [2.75, 3.05) is 10.6 Å². The van der Waals surface area contributed by atoms with Crippen LogP contribution in [0.3, 0.4) is 0 Å². The molecule has 3 aromatic rings. The number of nitrogens with one attached hydrogen (secondary N) is 3. The van der Waals surface area contributed by atoms with Gasteiger partial charge < -0.3 is 20.7 Å². The first-order chi connectivity index (χ1) is 19.8. The molecule has 0 amide bonds. The van der Waals surface area contributed by atoms with Crippen molar-refractivity contribution >= 4 is 83.8 Å². The van der Waals surface area contributed by atoms with Crippen molar-refractivity contribution in [3.05, 3.63) is 58.7 Å². The van der Waals surface area contributed by atoms with Crippen LogP contribution in [0.25, 0.3) is 0 Å². The minimum absolute atomic E-state index is 0.136. The second-order valence-electron chi connectivity index (χ2n) is 12.0. The molecule has 43 heavy (non-hydrogen) atoms. The van der Waals surface area contributed by atoms with Crippen molar-refractivity contribution in [3.63, 3.8) is 0 Å². The maximum absolute atomic E-state index is 13.0. The number of aryl methyl sites for hydroxylation is 1. The smallest absolute Gasteiger partial charge is 0.229 e. The van der Waals surface area contributed by atoms with Crippen molar-refractivity contribution in [2.45, 2.75) is 79.7 Å². The van der Waals surface area contributed by atoms with Gasteiger partial charge in [0.1, 0.15) is 18.6 Å². The summed E-state index contributed by atoms with van der Waals surface area (Å²) in [6.07, 6.45) is 2.17. The Kier molecular flexibility index (Phi) is 9.37. The average Bonchev–Trinajstić information content (AvgIpc) is 2.85. The van der Waals surface area contributed by atoms with E-state index in [2.05, 4.69) is 25.9 Å². The van der Waals surface area contributed by atoms with Crippen LogP contribution in [0, 0.1) is 6.92 Å². The number of hydrogen-bond donors (Lipinski definition) is 3. The van der Waals surface area contributed by atoms with Crippen molar-refractivity contribution in [1.82, 2.24) is 15.3 Å². The molecule has 1 fully saturated rings. The van der Waals surface area contributed by atoms with Crippen LogP contribution in [0.1, 0.15) is 57.6 Å². The molecule has 0 atom stereocenters. The van der Waals surface area contributed by atoms with Gasteiger partial charge >= 0.3 is 0 Å². The third kappa shape index (κ3) is 8.14. The average molecular weight is 607 g/mol. The molecule has 1 aliphatic heterocycles. The highest BCUT2D eigenvalue weighted by Crippen LogP contribution is 2.41. The van der Waals surface area contributed by atoms with Crippen LogP contribution in [0.4, 0.5) is 23.1 Å². The van der Waals surface area contributed by atoms with E-state index in [0.717, 1.165) is 11.1 Å². The standard InChI is InChI=1S/C28H31B5ClN5O3S/c1-15(2)43(40,41)23-9-7-6-8-20(23)36-24-19(34)14-35-25(38-24)37-21-10-16(3)18(11-22(21)42-26(4,5)29)17-12-27(30,31)39-28(32,33)13-17/h6-11,14-15,17,39H,12-13H2,1-5H3,(H2,35,36,37,38). The lowest BCUT2D eigenvalue weighted by atomic mass is 9.46. The zero-order valence-electron chi connectivity index (χ0n) is 24.9. The molecule has 0 bridgehead atoms. The van der Waals surface area contributed by atoms with Gasteiger partial charge in [0, 0.05) is 0 Å². The highest BCUT2D eigenvalue weighted by molar-refractivity contribution is 7.92. The SMILES string of the molecule is [B]C1([B])CC(c2cc(OC([B])(C)C)c(Nc3ncc(Cl)c(Nc4ccccc4S(=O)(=O)C(C)C)n3)cc2C)CC([B])([B])N1. The molecule has 214 valence electrons. The number of sulfone groups is 1. The number of hydrogen-bond acceptors (Lipinski definition) is 8. The maximum atomic E-state index is 13.0. The molecule has 0 saturated carbocycles. The number of rotatable bonds is 9. The van der Waals surface area contributed by atoms with Crippen molar-refractivity contribution in [2.24, 2.45) is 0 Å². The zero-order chi connectivity index (χ0) is 32.0. The monoisotopic (exact) mass is 607 g/mol. The number of anilines is 4. The first-order valence-electron chi connectivity index (χ1n) is 13.7. The molecule has 0 aliphatic carbocycles. The van der Waals surface area contributed by atoms with Crippen LogP contribution in [0.5, 0.6) is 5.75 Å². The second kappa shape index (κ2) is 12.1. The van der Waals surface area contributed by atoms with Gasteiger partial charge in [-0.25, -0.2) is 13.4 Å². The maximum Gasteiger partial charge on any atom is 0.229 e. The van der Waals surface area contributed by atoms with Gasteiger partial charge in [0.25, 0.3) is 0 Å². The molecule has 15 heteroatoms. The summed E-state index contributed by atoms with van der Waals surface area (Å²) in [6, 6.07) is 10.3. The zero-order valence-corrected chi connectivity index (χ0v) is 26.5. The number of piperidine rings is 1. The van der Waals surface area contributed by atoms with Gasteiger partial charge in [-0.05, 0) is 88.8 Å². The van der Waals surface area contributed by atoms with Crippen molar-refractivity contribution in [3.8, 4) is 5.75 Å². The number of benzene rings is 2. The molecule has 2 heterocycles. The van der Waals surface area contributed by atoms with E-state index in [0.29, 0.717) is 30.0 Å². The Morgan fingerprint density at radius 2 is 1.70 bits per heavy atom. The van der Waals surface area contributed by atoms with Gasteiger partial charge in [0.2, 0.25) is 5.95 Å². The van der Waals surface area contributed by atoms with Crippen molar-refractivity contribution < 1.29 is 13.2 Å². The van der Waals surface area contributed by atoms with E-state index in [1.54, 1.807) is 45.9 Å². The fourth-order valence-corrected chi connectivity index (χ4v) is 6.43. The number of halogens is 1. The predicted octanol–water partition coefficient (Wildman–Crippen LogP) is 3.84. The minimum atomic E-state index is -3.58. The number of ether oxygens (including phenoxy) is 1. The topological polar surface area (TPSA) is 105 Å². The quantitative estimate of drug-likeness (QED) is 0.316. The third-order valence-electron chi connectivity index (χ3n) is 6.87. The lowest BCUT2D eigenvalue weighted by molar-refractivity contribution is 0.199. The van der Waals surface area contributed by atoms with Crippen LogP contribution in [0.2, 0.25) is 5.02 Å². The molecule has 4 rings (SSSR count). The van der Waals surface area contributed by atoms with Crippen LogP contribution in [-0.2, 0) is 9.84 Å². The number of para-hydroxylation sites is 1. The molecule has 8 nitrogen and oxygen atoms in total. The van der Waals surface area contributed by atoms with E-state index >= 15 is 0 Å². The van der Waals surface area contributed by atoms with Crippen LogP contribution >= 0.6 is 11.6 Å². The van der Waals surface area contributed by atoms with E-state index in [1.165, 1.54) is 12.3 Å². The summed E-state index contributed by atoms with van der Waals surface area (Å²) in [4.78, 5) is 8.98. The van der Waals surface area contributed by atoms with E-state index in [1.807, 2.05) is 19.1 Å². The predicted molar refractivity (Wildman–Crippen MR) is 178 cm³/mol. The molecule has 3 N–H and O–H groups in total. The first kappa shape index (κ1) is 33.3. The molecular formula is C28H31B5ClN5O3S. The minimum Gasteiger partial charge on any atom is -0.496 e. The lowest BCUT2D eigenvalue weighted by Crippen LogP contribution is -2.64. The molecular weight excluding hydrogens is 576 g/mol. The molecule has 0 unspecified atom stereocenters. The summed E-state index contributed by atoms with van der Waals surface area (Å²) in [5, 5.41) is 6.15. The van der Waals surface area contributed by atoms with E-state index in [9.17, 15) is 8.42 Å². The Hall–Kier alpha value is -2.56. The summed E-state index contributed by atoms with van der Waals surface area (Å²) in [7, 11) is 27.5. The largest absolute Gasteiger partial charge is 0.496 e. The van der Waals surface area contributed by atoms with Gasteiger partial charge in [-0.1, -0.05) is 34.4 Å². The number of aromatic nitrogens is 2. The van der Waals surface area contributed by atoms with Crippen LogP contribution in [-0.4, -0.2) is 79.0 Å². The second-order valence-corrected chi connectivity index (χ2v) is 14.8. The summed E-state index contributed by atoms with van der Waals surface area (Å²) in [6.45, 7) is 8.62. The Labute approximate surface area is 266 Å². The van der Waals surface area contributed by atoms with E-state index in [-0.39, 0.29) is 27.6 Å². The Morgan fingerprint density at radius 3 is 2.30 bits per heavy atom. The fraction of sp³-hybridized carbons (Fsp3) is 0.429. The van der Waals surface area contributed by atoms with Crippen LogP contribution in [0.15, 0.2) is 47.5 Å². The molecule has 2 aromatic carbocycles. The normalized spacial score (nSPS) is 17.0. The highest BCUT2D eigenvalue weighted by Gasteiger charge is 2.37. The van der Waals surface area contributed by atoms with Crippen molar-refractivity contribution in [1.29, 1.82) is 0 Å². The van der Waals surface area contributed by atoms with E-state index in [4.69, 9.17) is 55.6 Å². The highest BCUT2D eigenvalue weighted by atomic mass is 35.5. The summed E-state index contributed by atoms with van der Waals surface area (Å²) in [5.74, 6) is 0.635. The summed E-state index contributed by atoms with van der Waals surface area (Å²) >= 11 is 6.42. The molecule has 10 radical (unpaired) electrons. The molecule has 0 spiro atoms. The first-order valence-corrected chi connectivity index (χ1v) is 15.7. The molecule has 1 saturated heterocycles. The molecule has 1 aromatic heterocycles. The van der Waals surface area contributed by atoms with Gasteiger partial charge in [0.05, 0.1) is 64.6 Å². The van der Waals surface area contributed by atoms with Gasteiger partial charge in [-0.2, -0.15) is 4.98 Å². The number of nitrogens with zero attached hydrogens (tertiary/aromatic N) is 2. The van der Waals surface area contributed by atoms with E-state index < -0.39 is 31.3 Å². The summed E-state index contributed by atoms with van der Waals surface area (Å²) < 4.78 is 32.0. The fourth-order valence-electron chi connectivity index (χ4n) is 5.09.